The first-order chi connectivity index (χ1) is 8.60. The largest absolute Gasteiger partial charge is 0.380 e. The van der Waals surface area contributed by atoms with Crippen LogP contribution < -0.4 is 10.6 Å². The quantitative estimate of drug-likeness (QED) is 0.686. The zero-order valence-corrected chi connectivity index (χ0v) is 10.9. The van der Waals surface area contributed by atoms with Crippen LogP contribution in [0.4, 0.5) is 0 Å². The number of carbonyl (C=O) groups is 2. The highest BCUT2D eigenvalue weighted by atomic mass is 16.5. The van der Waals surface area contributed by atoms with Gasteiger partial charge in [0.25, 0.3) is 0 Å². The molecule has 2 aliphatic heterocycles. The molecule has 2 N–H and O–H groups in total. The standard InChI is InChI=1S/C12H21N3O3/c1-8(16)14-9-3-4-15(7-9)12(17)11-5-10(18-2)6-13-11/h9-11,13H,3-7H2,1-2H3,(H,14,16). The maximum atomic E-state index is 12.2. The Kier molecular flexibility index (Phi) is 4.19. The average molecular weight is 255 g/mol. The van der Waals surface area contributed by atoms with Crippen LogP contribution in [0.15, 0.2) is 0 Å². The van der Waals surface area contributed by atoms with E-state index in [1.165, 1.54) is 6.92 Å². The normalized spacial score (nSPS) is 31.7. The zero-order chi connectivity index (χ0) is 13.1. The number of carbonyl (C=O) groups excluding carboxylic acids is 2. The lowest BCUT2D eigenvalue weighted by Crippen LogP contribution is -2.44. The summed E-state index contributed by atoms with van der Waals surface area (Å²) in [5.74, 6) is 0.0927. The van der Waals surface area contributed by atoms with Crippen molar-refractivity contribution in [1.29, 1.82) is 0 Å². The molecule has 18 heavy (non-hydrogen) atoms. The summed E-state index contributed by atoms with van der Waals surface area (Å²) in [5.41, 5.74) is 0. The number of hydrogen-bond donors (Lipinski definition) is 2. The molecule has 0 aromatic rings. The van der Waals surface area contributed by atoms with Crippen molar-refractivity contribution in [2.75, 3.05) is 26.7 Å². The van der Waals surface area contributed by atoms with Crippen molar-refractivity contribution in [3.8, 4) is 0 Å². The lowest BCUT2D eigenvalue weighted by Gasteiger charge is -2.20. The first kappa shape index (κ1) is 13.3. The maximum Gasteiger partial charge on any atom is 0.239 e. The first-order valence-electron chi connectivity index (χ1n) is 6.42. The van der Waals surface area contributed by atoms with Crippen LogP contribution in [0.5, 0.6) is 0 Å². The molecule has 0 radical (unpaired) electrons. The van der Waals surface area contributed by atoms with Gasteiger partial charge in [0.05, 0.1) is 12.1 Å². The van der Waals surface area contributed by atoms with Gasteiger partial charge in [0, 0.05) is 39.7 Å². The van der Waals surface area contributed by atoms with Crippen molar-refractivity contribution in [3.63, 3.8) is 0 Å². The lowest BCUT2D eigenvalue weighted by molar-refractivity contribution is -0.132. The minimum atomic E-state index is -0.133. The van der Waals surface area contributed by atoms with Crippen LogP contribution in [-0.2, 0) is 14.3 Å². The molecule has 2 rings (SSSR count). The third-order valence-corrected chi connectivity index (χ3v) is 3.63. The average Bonchev–Trinajstić information content (AvgIpc) is 2.95. The van der Waals surface area contributed by atoms with Gasteiger partial charge in [-0.05, 0) is 12.8 Å². The highest BCUT2D eigenvalue weighted by Gasteiger charge is 2.35. The third kappa shape index (κ3) is 3.00. The predicted octanol–water partition coefficient (Wildman–Crippen LogP) is -0.900. The summed E-state index contributed by atoms with van der Waals surface area (Å²) >= 11 is 0. The van der Waals surface area contributed by atoms with Crippen LogP contribution in [0, 0.1) is 0 Å². The second-order valence-electron chi connectivity index (χ2n) is 5.02. The molecule has 0 spiro atoms. The Balaban J connectivity index is 1.82. The molecule has 6 heteroatoms. The van der Waals surface area contributed by atoms with Crippen LogP contribution >= 0.6 is 0 Å². The Morgan fingerprint density at radius 2 is 2.22 bits per heavy atom. The first-order valence-corrected chi connectivity index (χ1v) is 6.42. The van der Waals surface area contributed by atoms with Crippen LogP contribution in [0.25, 0.3) is 0 Å². The van der Waals surface area contributed by atoms with Crippen LogP contribution in [-0.4, -0.2) is 61.6 Å². The van der Waals surface area contributed by atoms with Gasteiger partial charge in [0.2, 0.25) is 11.8 Å². The summed E-state index contributed by atoms with van der Waals surface area (Å²) < 4.78 is 5.24. The second kappa shape index (κ2) is 5.67. The van der Waals surface area contributed by atoms with Crippen molar-refractivity contribution in [1.82, 2.24) is 15.5 Å². The molecule has 0 aromatic heterocycles. The van der Waals surface area contributed by atoms with Gasteiger partial charge in [0.15, 0.2) is 0 Å². The topological polar surface area (TPSA) is 70.7 Å². The van der Waals surface area contributed by atoms with Gasteiger partial charge in [-0.2, -0.15) is 0 Å². The number of hydrogen-bond acceptors (Lipinski definition) is 4. The summed E-state index contributed by atoms with van der Waals surface area (Å²) in [4.78, 5) is 25.0. The maximum absolute atomic E-state index is 12.2. The number of amides is 2. The number of nitrogens with zero attached hydrogens (tertiary/aromatic N) is 1. The van der Waals surface area contributed by atoms with E-state index < -0.39 is 0 Å². The molecule has 0 saturated carbocycles. The zero-order valence-electron chi connectivity index (χ0n) is 10.9. The Morgan fingerprint density at radius 3 is 2.83 bits per heavy atom. The van der Waals surface area contributed by atoms with Crippen LogP contribution in [0.2, 0.25) is 0 Å². The van der Waals surface area contributed by atoms with Crippen molar-refractivity contribution < 1.29 is 14.3 Å². The SMILES string of the molecule is COC1CNC(C(=O)N2CCC(NC(C)=O)C2)C1. The smallest absolute Gasteiger partial charge is 0.239 e. The Morgan fingerprint density at radius 1 is 1.44 bits per heavy atom. The van der Waals surface area contributed by atoms with E-state index in [0.29, 0.717) is 6.54 Å². The Hall–Kier alpha value is -1.14. The van der Waals surface area contributed by atoms with E-state index in [1.54, 1.807) is 7.11 Å². The monoisotopic (exact) mass is 255 g/mol. The molecule has 3 atom stereocenters. The van der Waals surface area contributed by atoms with Gasteiger partial charge < -0.3 is 20.3 Å². The molecule has 2 fully saturated rings. The molecule has 6 nitrogen and oxygen atoms in total. The summed E-state index contributed by atoms with van der Waals surface area (Å²) in [5, 5.41) is 6.05. The number of nitrogens with one attached hydrogen (secondary N) is 2. The molecular formula is C12H21N3O3. The molecule has 2 heterocycles. The van der Waals surface area contributed by atoms with Crippen LogP contribution in [0.1, 0.15) is 19.8 Å². The summed E-state index contributed by atoms with van der Waals surface area (Å²) in [6, 6.07) is -0.0305. The van der Waals surface area contributed by atoms with E-state index in [1.807, 2.05) is 4.90 Å². The van der Waals surface area contributed by atoms with E-state index in [4.69, 9.17) is 4.74 Å². The minimum absolute atomic E-state index is 0.0345. The predicted molar refractivity (Wildman–Crippen MR) is 66.0 cm³/mol. The summed E-state index contributed by atoms with van der Waals surface area (Å²) in [6.45, 7) is 3.58. The molecule has 0 aliphatic carbocycles. The van der Waals surface area contributed by atoms with E-state index in [0.717, 1.165) is 25.9 Å². The Bertz CT molecular complexity index is 335. The number of rotatable bonds is 3. The lowest BCUT2D eigenvalue weighted by atomic mass is 10.2. The number of ether oxygens (including phenoxy) is 1. The van der Waals surface area contributed by atoms with Gasteiger partial charge in [-0.15, -0.1) is 0 Å². The van der Waals surface area contributed by atoms with Crippen molar-refractivity contribution in [3.05, 3.63) is 0 Å². The molecule has 0 bridgehead atoms. The fourth-order valence-corrected chi connectivity index (χ4v) is 2.66. The third-order valence-electron chi connectivity index (χ3n) is 3.63. The van der Waals surface area contributed by atoms with E-state index in [-0.39, 0.29) is 30.0 Å². The molecular weight excluding hydrogens is 234 g/mol. The van der Waals surface area contributed by atoms with Crippen molar-refractivity contribution in [2.45, 2.75) is 38.0 Å². The molecule has 2 amide bonds. The van der Waals surface area contributed by atoms with E-state index in [2.05, 4.69) is 10.6 Å². The fourth-order valence-electron chi connectivity index (χ4n) is 2.66. The molecule has 2 saturated heterocycles. The van der Waals surface area contributed by atoms with Crippen molar-refractivity contribution >= 4 is 11.8 Å². The molecule has 102 valence electrons. The van der Waals surface area contributed by atoms with Gasteiger partial charge in [-0.3, -0.25) is 9.59 Å². The van der Waals surface area contributed by atoms with Gasteiger partial charge in [-0.1, -0.05) is 0 Å². The van der Waals surface area contributed by atoms with Gasteiger partial charge >= 0.3 is 0 Å². The molecule has 3 unspecified atom stereocenters. The van der Waals surface area contributed by atoms with Gasteiger partial charge in [0.1, 0.15) is 0 Å². The van der Waals surface area contributed by atoms with Crippen molar-refractivity contribution in [2.24, 2.45) is 0 Å². The number of methoxy groups -OCH3 is 1. The van der Waals surface area contributed by atoms with E-state index >= 15 is 0 Å². The Labute approximate surface area is 107 Å². The highest BCUT2D eigenvalue weighted by molar-refractivity contribution is 5.83. The number of likely N-dealkylation sites (tertiary alicyclic amines) is 1. The molecule has 0 aromatic carbocycles. The van der Waals surface area contributed by atoms with E-state index in [9.17, 15) is 9.59 Å². The second-order valence-corrected chi connectivity index (χ2v) is 5.02. The highest BCUT2D eigenvalue weighted by Crippen LogP contribution is 2.16. The molecule has 2 aliphatic rings. The summed E-state index contributed by atoms with van der Waals surface area (Å²) in [7, 11) is 1.67. The minimum Gasteiger partial charge on any atom is -0.380 e. The summed E-state index contributed by atoms with van der Waals surface area (Å²) in [6.07, 6.45) is 1.70. The van der Waals surface area contributed by atoms with Gasteiger partial charge in [-0.25, -0.2) is 0 Å². The fraction of sp³-hybridized carbons (Fsp3) is 0.833. The van der Waals surface area contributed by atoms with Crippen LogP contribution in [0.3, 0.4) is 0 Å².